The maximum atomic E-state index is 13.4. The molecule has 0 radical (unpaired) electrons. The van der Waals surface area contributed by atoms with E-state index in [9.17, 15) is 4.39 Å². The molecule has 1 N–H and O–H groups in total. The van der Waals surface area contributed by atoms with Gasteiger partial charge < -0.3 is 10.2 Å². The molecule has 2 aromatic rings. The van der Waals surface area contributed by atoms with Crippen molar-refractivity contribution >= 4 is 16.9 Å². The van der Waals surface area contributed by atoms with E-state index in [4.69, 9.17) is 0 Å². The highest BCUT2D eigenvalue weighted by atomic mass is 19.1. The average molecular weight is 316 g/mol. The van der Waals surface area contributed by atoms with Gasteiger partial charge in [-0.3, -0.25) is 0 Å². The molecule has 4 nitrogen and oxygen atoms in total. The van der Waals surface area contributed by atoms with Crippen molar-refractivity contribution in [2.75, 3.05) is 18.0 Å². The molecule has 1 aromatic heterocycles. The van der Waals surface area contributed by atoms with Crippen LogP contribution in [0.3, 0.4) is 0 Å². The maximum Gasteiger partial charge on any atom is 0.226 e. The first-order valence-electron chi connectivity index (χ1n) is 8.48. The van der Waals surface area contributed by atoms with Crippen LogP contribution in [0, 0.1) is 12.7 Å². The van der Waals surface area contributed by atoms with Gasteiger partial charge in [0.15, 0.2) is 0 Å². The van der Waals surface area contributed by atoms with Crippen LogP contribution in [-0.4, -0.2) is 35.1 Å². The number of halogens is 1. The fraction of sp³-hybridized carbons (Fsp3) is 0.556. The number of nitrogens with zero attached hydrogens (tertiary/aromatic N) is 3. The number of fused-ring (bicyclic) bond motifs is 1. The van der Waals surface area contributed by atoms with Gasteiger partial charge in [0.1, 0.15) is 5.82 Å². The Hall–Kier alpha value is -1.75. The lowest BCUT2D eigenvalue weighted by atomic mass is 10.1. The number of anilines is 1. The summed E-state index contributed by atoms with van der Waals surface area (Å²) in [6.07, 6.45) is 3.42. The monoisotopic (exact) mass is 316 g/mol. The molecule has 1 fully saturated rings. The van der Waals surface area contributed by atoms with E-state index < -0.39 is 0 Å². The quantitative estimate of drug-likeness (QED) is 0.942. The maximum absolute atomic E-state index is 13.4. The molecule has 2 heterocycles. The van der Waals surface area contributed by atoms with Crippen LogP contribution in [0.5, 0.6) is 0 Å². The Labute approximate surface area is 137 Å². The van der Waals surface area contributed by atoms with Gasteiger partial charge in [0, 0.05) is 30.6 Å². The zero-order valence-corrected chi connectivity index (χ0v) is 14.1. The highest BCUT2D eigenvalue weighted by molar-refractivity contribution is 5.81. The summed E-state index contributed by atoms with van der Waals surface area (Å²) in [5.74, 6) is 0.529. The Morgan fingerprint density at radius 1 is 1.22 bits per heavy atom. The van der Waals surface area contributed by atoms with Crippen molar-refractivity contribution in [2.45, 2.75) is 52.1 Å². The van der Waals surface area contributed by atoms with Crippen molar-refractivity contribution in [3.63, 3.8) is 0 Å². The number of rotatable bonds is 3. The lowest BCUT2D eigenvalue weighted by Gasteiger charge is -2.22. The summed E-state index contributed by atoms with van der Waals surface area (Å²) >= 11 is 0. The lowest BCUT2D eigenvalue weighted by Crippen LogP contribution is -2.35. The summed E-state index contributed by atoms with van der Waals surface area (Å²) in [5.41, 5.74) is 1.65. The summed E-state index contributed by atoms with van der Waals surface area (Å²) in [7, 11) is 0. The van der Waals surface area contributed by atoms with E-state index >= 15 is 0 Å². The van der Waals surface area contributed by atoms with Crippen LogP contribution >= 0.6 is 0 Å². The SMILES string of the molecule is Cc1nc(N2CCCC(NC(C)C)CC2)nc2ccc(F)cc12. The molecular weight excluding hydrogens is 291 g/mol. The molecule has 0 saturated carbocycles. The average Bonchev–Trinajstić information content (AvgIpc) is 2.73. The van der Waals surface area contributed by atoms with Crippen molar-refractivity contribution in [3.8, 4) is 0 Å². The number of aromatic nitrogens is 2. The number of nitrogens with one attached hydrogen (secondary N) is 1. The van der Waals surface area contributed by atoms with E-state index in [1.165, 1.54) is 18.6 Å². The summed E-state index contributed by atoms with van der Waals surface area (Å²) in [6, 6.07) is 5.79. The summed E-state index contributed by atoms with van der Waals surface area (Å²) in [6.45, 7) is 8.24. The van der Waals surface area contributed by atoms with Crippen LogP contribution in [-0.2, 0) is 0 Å². The third-order valence-electron chi connectivity index (χ3n) is 4.42. The molecule has 0 aliphatic carbocycles. The fourth-order valence-corrected chi connectivity index (χ4v) is 3.31. The summed E-state index contributed by atoms with van der Waals surface area (Å²) in [5, 5.41) is 4.43. The highest BCUT2D eigenvalue weighted by Crippen LogP contribution is 2.22. The number of aryl methyl sites for hydroxylation is 1. The molecule has 0 bridgehead atoms. The zero-order chi connectivity index (χ0) is 16.4. The molecule has 1 aliphatic rings. The smallest absolute Gasteiger partial charge is 0.226 e. The molecule has 1 unspecified atom stereocenters. The van der Waals surface area contributed by atoms with Crippen molar-refractivity contribution in [3.05, 3.63) is 29.7 Å². The number of hydrogen-bond acceptors (Lipinski definition) is 4. The Morgan fingerprint density at radius 2 is 2.04 bits per heavy atom. The molecule has 1 aromatic carbocycles. The molecule has 3 rings (SSSR count). The molecule has 124 valence electrons. The first-order chi connectivity index (χ1) is 11.0. The third kappa shape index (κ3) is 3.78. The molecular formula is C18H25FN4. The van der Waals surface area contributed by atoms with Gasteiger partial charge in [-0.1, -0.05) is 13.8 Å². The summed E-state index contributed by atoms with van der Waals surface area (Å²) in [4.78, 5) is 11.5. The molecule has 5 heteroatoms. The van der Waals surface area contributed by atoms with Crippen molar-refractivity contribution in [1.29, 1.82) is 0 Å². The number of benzene rings is 1. The number of hydrogen-bond donors (Lipinski definition) is 1. The van der Waals surface area contributed by atoms with E-state index in [-0.39, 0.29) is 5.82 Å². The van der Waals surface area contributed by atoms with Gasteiger partial charge in [-0.2, -0.15) is 0 Å². The van der Waals surface area contributed by atoms with Crippen LogP contribution in [0.4, 0.5) is 10.3 Å². The molecule has 0 spiro atoms. The molecule has 1 aliphatic heterocycles. The van der Waals surface area contributed by atoms with Gasteiger partial charge in [0.25, 0.3) is 0 Å². The van der Waals surface area contributed by atoms with E-state index in [1.54, 1.807) is 6.07 Å². The Balaban J connectivity index is 1.81. The second kappa shape index (κ2) is 6.79. The van der Waals surface area contributed by atoms with Gasteiger partial charge in [-0.05, 0) is 44.4 Å². The standard InChI is InChI=1S/C18H25FN4/c1-12(2)20-15-5-4-9-23(10-8-15)18-21-13(3)16-11-14(19)6-7-17(16)22-18/h6-7,11-12,15,20H,4-5,8-10H2,1-3H3. The van der Waals surface area contributed by atoms with E-state index in [0.717, 1.165) is 48.5 Å². The van der Waals surface area contributed by atoms with Crippen molar-refractivity contribution in [2.24, 2.45) is 0 Å². The second-order valence-electron chi connectivity index (χ2n) is 6.71. The second-order valence-corrected chi connectivity index (χ2v) is 6.71. The van der Waals surface area contributed by atoms with Crippen LogP contribution in [0.25, 0.3) is 10.9 Å². The predicted octanol–water partition coefficient (Wildman–Crippen LogP) is 3.43. The first kappa shape index (κ1) is 16.1. The van der Waals surface area contributed by atoms with Gasteiger partial charge in [0.05, 0.1) is 11.2 Å². The van der Waals surface area contributed by atoms with Crippen molar-refractivity contribution < 1.29 is 4.39 Å². The van der Waals surface area contributed by atoms with Gasteiger partial charge >= 0.3 is 0 Å². The van der Waals surface area contributed by atoms with Crippen molar-refractivity contribution in [1.82, 2.24) is 15.3 Å². The minimum Gasteiger partial charge on any atom is -0.341 e. The minimum absolute atomic E-state index is 0.241. The Kier molecular flexibility index (Phi) is 4.76. The third-order valence-corrected chi connectivity index (χ3v) is 4.42. The van der Waals surface area contributed by atoms with E-state index in [1.807, 2.05) is 6.92 Å². The highest BCUT2D eigenvalue weighted by Gasteiger charge is 2.20. The van der Waals surface area contributed by atoms with E-state index in [0.29, 0.717) is 12.1 Å². The van der Waals surface area contributed by atoms with Gasteiger partial charge in [0.2, 0.25) is 5.95 Å². The van der Waals surface area contributed by atoms with Gasteiger partial charge in [-0.25, -0.2) is 14.4 Å². The predicted molar refractivity (Wildman–Crippen MR) is 92.4 cm³/mol. The topological polar surface area (TPSA) is 41.1 Å². The summed E-state index contributed by atoms with van der Waals surface area (Å²) < 4.78 is 13.4. The normalized spacial score (nSPS) is 19.3. The first-order valence-corrected chi connectivity index (χ1v) is 8.48. The Bertz CT molecular complexity index is 686. The van der Waals surface area contributed by atoms with Crippen LogP contribution < -0.4 is 10.2 Å². The molecule has 23 heavy (non-hydrogen) atoms. The molecule has 1 saturated heterocycles. The fourth-order valence-electron chi connectivity index (χ4n) is 3.31. The lowest BCUT2D eigenvalue weighted by molar-refractivity contribution is 0.430. The Morgan fingerprint density at radius 3 is 2.83 bits per heavy atom. The van der Waals surface area contributed by atoms with Gasteiger partial charge in [-0.15, -0.1) is 0 Å². The van der Waals surface area contributed by atoms with Crippen LogP contribution in [0.2, 0.25) is 0 Å². The van der Waals surface area contributed by atoms with Crippen LogP contribution in [0.1, 0.15) is 38.8 Å². The largest absolute Gasteiger partial charge is 0.341 e. The van der Waals surface area contributed by atoms with Crippen LogP contribution in [0.15, 0.2) is 18.2 Å². The minimum atomic E-state index is -0.241. The van der Waals surface area contributed by atoms with E-state index in [2.05, 4.69) is 34.0 Å². The molecule has 1 atom stereocenters. The zero-order valence-electron chi connectivity index (χ0n) is 14.1. The molecule has 0 amide bonds.